The van der Waals surface area contributed by atoms with Gasteiger partial charge in [-0.15, -0.1) is 6.42 Å². The topological polar surface area (TPSA) is 97.8 Å². The lowest BCUT2D eigenvalue weighted by Crippen LogP contribution is -2.17. The molecule has 6 heteroatoms. The van der Waals surface area contributed by atoms with Gasteiger partial charge in [-0.05, 0) is 24.3 Å². The number of nitrogens with two attached hydrogens (primary N) is 1. The molecular weight excluding hydrogens is 304 g/mol. The summed E-state index contributed by atoms with van der Waals surface area (Å²) < 4.78 is 6.82. The van der Waals surface area contributed by atoms with E-state index < -0.39 is 0 Å². The van der Waals surface area contributed by atoms with Crippen molar-refractivity contribution in [1.29, 1.82) is 5.26 Å². The SMILES string of the molecule is C#CCn1cc(-c2cc(C#N)c(N)nc2-c2ccco2)ccc1=O. The number of nitriles is 1. The molecule has 3 heterocycles. The summed E-state index contributed by atoms with van der Waals surface area (Å²) in [6.07, 6.45) is 8.44. The third kappa shape index (κ3) is 2.65. The molecule has 0 bridgehead atoms. The second-order valence-electron chi connectivity index (χ2n) is 4.99. The Hall–Kier alpha value is -3.77. The number of terminal acetylenes is 1. The summed E-state index contributed by atoms with van der Waals surface area (Å²) in [7, 11) is 0. The monoisotopic (exact) mass is 316 g/mol. The maximum Gasteiger partial charge on any atom is 0.251 e. The van der Waals surface area contributed by atoms with E-state index in [1.165, 1.54) is 16.9 Å². The molecule has 0 atom stereocenters. The van der Waals surface area contributed by atoms with E-state index in [2.05, 4.69) is 10.9 Å². The smallest absolute Gasteiger partial charge is 0.251 e. The number of pyridine rings is 2. The summed E-state index contributed by atoms with van der Waals surface area (Å²) in [6, 6.07) is 10.2. The van der Waals surface area contributed by atoms with Gasteiger partial charge in [0.1, 0.15) is 17.6 Å². The van der Waals surface area contributed by atoms with Crippen LogP contribution in [0.3, 0.4) is 0 Å². The second-order valence-corrected chi connectivity index (χ2v) is 4.99. The van der Waals surface area contributed by atoms with Crippen LogP contribution in [0.2, 0.25) is 0 Å². The Kier molecular flexibility index (Phi) is 3.88. The zero-order valence-electron chi connectivity index (χ0n) is 12.6. The first-order valence-electron chi connectivity index (χ1n) is 7.03. The first-order chi connectivity index (χ1) is 11.6. The summed E-state index contributed by atoms with van der Waals surface area (Å²) >= 11 is 0. The summed E-state index contributed by atoms with van der Waals surface area (Å²) in [4.78, 5) is 16.1. The highest BCUT2D eigenvalue weighted by Gasteiger charge is 2.16. The van der Waals surface area contributed by atoms with Gasteiger partial charge < -0.3 is 14.7 Å². The normalized spacial score (nSPS) is 10.1. The quantitative estimate of drug-likeness (QED) is 0.747. The predicted octanol–water partition coefficient (Wildman–Crippen LogP) is 2.26. The van der Waals surface area contributed by atoms with Crippen molar-refractivity contribution in [2.75, 3.05) is 5.73 Å². The van der Waals surface area contributed by atoms with Gasteiger partial charge in [-0.25, -0.2) is 4.98 Å². The minimum Gasteiger partial charge on any atom is -0.463 e. The minimum absolute atomic E-state index is 0.115. The van der Waals surface area contributed by atoms with Crippen LogP contribution in [0.15, 0.2) is 52.0 Å². The minimum atomic E-state index is -0.208. The molecule has 0 aromatic carbocycles. The Morgan fingerprint density at radius 1 is 1.38 bits per heavy atom. The van der Waals surface area contributed by atoms with Crippen LogP contribution in [0, 0.1) is 23.7 Å². The second kappa shape index (κ2) is 6.15. The van der Waals surface area contributed by atoms with Crippen molar-refractivity contribution < 1.29 is 4.42 Å². The van der Waals surface area contributed by atoms with Gasteiger partial charge >= 0.3 is 0 Å². The number of nitrogens with zero attached hydrogens (tertiary/aromatic N) is 3. The van der Waals surface area contributed by atoms with Crippen molar-refractivity contribution in [2.45, 2.75) is 6.54 Å². The van der Waals surface area contributed by atoms with Gasteiger partial charge in [0.25, 0.3) is 5.56 Å². The van der Waals surface area contributed by atoms with Gasteiger partial charge in [0.05, 0.1) is 18.4 Å². The highest BCUT2D eigenvalue weighted by Crippen LogP contribution is 2.32. The molecule has 0 saturated carbocycles. The maximum absolute atomic E-state index is 11.8. The lowest BCUT2D eigenvalue weighted by atomic mass is 10.0. The van der Waals surface area contributed by atoms with Crippen LogP contribution in [0.4, 0.5) is 5.82 Å². The molecular formula is C18H12N4O2. The fourth-order valence-corrected chi connectivity index (χ4v) is 2.35. The Balaban J connectivity index is 2.27. The molecule has 116 valence electrons. The van der Waals surface area contributed by atoms with Gasteiger partial charge in [0.2, 0.25) is 0 Å². The van der Waals surface area contributed by atoms with Crippen molar-refractivity contribution in [1.82, 2.24) is 9.55 Å². The van der Waals surface area contributed by atoms with Crippen molar-refractivity contribution in [3.63, 3.8) is 0 Å². The van der Waals surface area contributed by atoms with E-state index in [1.807, 2.05) is 6.07 Å². The van der Waals surface area contributed by atoms with Gasteiger partial charge in [-0.3, -0.25) is 4.79 Å². The van der Waals surface area contributed by atoms with Crippen LogP contribution >= 0.6 is 0 Å². The molecule has 6 nitrogen and oxygen atoms in total. The third-order valence-electron chi connectivity index (χ3n) is 3.48. The molecule has 0 aliphatic carbocycles. The van der Waals surface area contributed by atoms with Crippen molar-refractivity contribution in [2.24, 2.45) is 0 Å². The number of rotatable bonds is 3. The van der Waals surface area contributed by atoms with Crippen LogP contribution < -0.4 is 11.3 Å². The average molecular weight is 316 g/mol. The Bertz CT molecular complexity index is 1030. The lowest BCUT2D eigenvalue weighted by Gasteiger charge is -2.11. The molecule has 0 aliphatic rings. The van der Waals surface area contributed by atoms with Crippen LogP contribution in [0.5, 0.6) is 0 Å². The number of anilines is 1. The highest BCUT2D eigenvalue weighted by atomic mass is 16.3. The fourth-order valence-electron chi connectivity index (χ4n) is 2.35. The van der Waals surface area contributed by atoms with E-state index in [0.717, 1.165) is 0 Å². The molecule has 24 heavy (non-hydrogen) atoms. The van der Waals surface area contributed by atoms with Gasteiger partial charge in [0, 0.05) is 23.4 Å². The summed E-state index contributed by atoms with van der Waals surface area (Å²) in [5.41, 5.74) is 7.66. The van der Waals surface area contributed by atoms with E-state index in [-0.39, 0.29) is 23.5 Å². The number of hydrogen-bond acceptors (Lipinski definition) is 5. The first kappa shape index (κ1) is 15.1. The van der Waals surface area contributed by atoms with Crippen LogP contribution in [0.1, 0.15) is 5.56 Å². The van der Waals surface area contributed by atoms with Crippen molar-refractivity contribution in [3.8, 4) is 41.0 Å². The summed E-state index contributed by atoms with van der Waals surface area (Å²) in [5.74, 6) is 3.06. The van der Waals surface area contributed by atoms with Gasteiger partial charge in [0.15, 0.2) is 5.76 Å². The molecule has 3 aromatic rings. The predicted molar refractivity (Wildman–Crippen MR) is 89.6 cm³/mol. The molecule has 0 radical (unpaired) electrons. The highest BCUT2D eigenvalue weighted by molar-refractivity contribution is 5.81. The van der Waals surface area contributed by atoms with Crippen LogP contribution in [-0.2, 0) is 6.54 Å². The average Bonchev–Trinajstić information content (AvgIpc) is 3.11. The number of furan rings is 1. The van der Waals surface area contributed by atoms with E-state index in [1.54, 1.807) is 30.5 Å². The molecule has 3 aromatic heterocycles. The largest absolute Gasteiger partial charge is 0.463 e. The van der Waals surface area contributed by atoms with Gasteiger partial charge in [-0.2, -0.15) is 5.26 Å². The summed E-state index contributed by atoms with van der Waals surface area (Å²) in [6.45, 7) is 0.149. The van der Waals surface area contributed by atoms with E-state index in [0.29, 0.717) is 22.6 Å². The fraction of sp³-hybridized carbons (Fsp3) is 0.0556. The Labute approximate surface area is 137 Å². The molecule has 0 saturated heterocycles. The molecule has 0 aliphatic heterocycles. The summed E-state index contributed by atoms with van der Waals surface area (Å²) in [5, 5.41) is 9.22. The molecule has 3 rings (SSSR count). The van der Waals surface area contributed by atoms with Gasteiger partial charge in [-0.1, -0.05) is 5.92 Å². The molecule has 0 spiro atoms. The van der Waals surface area contributed by atoms with E-state index >= 15 is 0 Å². The van der Waals surface area contributed by atoms with Crippen LogP contribution in [0.25, 0.3) is 22.6 Å². The van der Waals surface area contributed by atoms with E-state index in [4.69, 9.17) is 16.6 Å². The molecule has 2 N–H and O–H groups in total. The first-order valence-corrected chi connectivity index (χ1v) is 7.03. The van der Waals surface area contributed by atoms with Crippen molar-refractivity contribution in [3.05, 3.63) is 58.7 Å². The van der Waals surface area contributed by atoms with Crippen LogP contribution in [-0.4, -0.2) is 9.55 Å². The Morgan fingerprint density at radius 2 is 2.21 bits per heavy atom. The molecule has 0 unspecified atom stereocenters. The maximum atomic E-state index is 11.8. The third-order valence-corrected chi connectivity index (χ3v) is 3.48. The standard InChI is InChI=1S/C18H12N4O2/c1-2-7-22-11-12(5-6-16(22)23)14-9-13(10-19)18(20)21-17(14)15-4-3-8-24-15/h1,3-6,8-9,11H,7H2,(H2,20,21). The molecule has 0 amide bonds. The number of aromatic nitrogens is 2. The van der Waals surface area contributed by atoms with Crippen molar-refractivity contribution >= 4 is 5.82 Å². The lowest BCUT2D eigenvalue weighted by molar-refractivity contribution is 0.580. The molecule has 0 fully saturated rings. The Morgan fingerprint density at radius 3 is 2.88 bits per heavy atom. The zero-order valence-corrected chi connectivity index (χ0v) is 12.6. The number of nitrogen functional groups attached to an aromatic ring is 1. The zero-order chi connectivity index (χ0) is 17.1. The van der Waals surface area contributed by atoms with E-state index in [9.17, 15) is 10.1 Å². The number of hydrogen-bond donors (Lipinski definition) is 1.